The monoisotopic (exact) mass is 323 g/mol. The molecule has 1 aliphatic heterocycles. The van der Waals surface area contributed by atoms with Crippen LogP contribution in [0.25, 0.3) is 0 Å². The van der Waals surface area contributed by atoms with Crippen molar-refractivity contribution in [2.45, 2.75) is 33.2 Å². The van der Waals surface area contributed by atoms with Crippen LogP contribution in [0.4, 0.5) is 5.69 Å². The molecule has 2 aromatic rings. The highest BCUT2D eigenvalue weighted by molar-refractivity contribution is 5.92. The number of hydrogen-bond donors (Lipinski definition) is 1. The molecule has 0 aliphatic carbocycles. The second-order valence-corrected chi connectivity index (χ2v) is 6.78. The molecule has 126 valence electrons. The normalized spacial score (nSPS) is 13.7. The molecule has 1 amide bonds. The molecule has 0 saturated carbocycles. The van der Waals surface area contributed by atoms with Crippen LogP contribution >= 0.6 is 0 Å². The van der Waals surface area contributed by atoms with Crippen LogP contribution in [0.3, 0.4) is 0 Å². The Morgan fingerprint density at radius 2 is 2.00 bits per heavy atom. The fraction of sp³-hybridized carbons (Fsp3) is 0.400. The summed E-state index contributed by atoms with van der Waals surface area (Å²) in [4.78, 5) is 18.8. The molecule has 1 aromatic carbocycles. The predicted octanol–water partition coefficient (Wildman–Crippen LogP) is 3.42. The fourth-order valence-corrected chi connectivity index (χ4v) is 2.99. The van der Waals surface area contributed by atoms with Gasteiger partial charge in [0.05, 0.1) is 11.9 Å². The number of carbonyl (C=O) groups is 1. The largest absolute Gasteiger partial charge is 0.366 e. The van der Waals surface area contributed by atoms with Crippen molar-refractivity contribution < 1.29 is 4.79 Å². The van der Waals surface area contributed by atoms with Gasteiger partial charge in [0.2, 0.25) is 0 Å². The van der Waals surface area contributed by atoms with Gasteiger partial charge in [0, 0.05) is 19.6 Å². The molecule has 0 fully saturated rings. The Labute approximate surface area is 143 Å². The SMILES string of the molecule is CC(C)CCNC(=O)c1ccc(N2CCc3ccccc3C2)cn1. The van der Waals surface area contributed by atoms with Crippen LogP contribution in [-0.4, -0.2) is 24.0 Å². The number of hydrogen-bond acceptors (Lipinski definition) is 3. The molecule has 0 radical (unpaired) electrons. The minimum absolute atomic E-state index is 0.0915. The van der Waals surface area contributed by atoms with Crippen molar-refractivity contribution in [2.24, 2.45) is 5.92 Å². The Balaban J connectivity index is 1.62. The van der Waals surface area contributed by atoms with Crippen molar-refractivity contribution in [1.29, 1.82) is 0 Å². The second-order valence-electron chi connectivity index (χ2n) is 6.78. The molecule has 2 heterocycles. The zero-order chi connectivity index (χ0) is 16.9. The summed E-state index contributed by atoms with van der Waals surface area (Å²) in [5, 5.41) is 2.93. The number of benzene rings is 1. The summed E-state index contributed by atoms with van der Waals surface area (Å²) in [6, 6.07) is 12.4. The summed E-state index contributed by atoms with van der Waals surface area (Å²) in [5.41, 5.74) is 4.37. The van der Waals surface area contributed by atoms with Gasteiger partial charge in [-0.15, -0.1) is 0 Å². The average Bonchev–Trinajstić information content (AvgIpc) is 2.61. The van der Waals surface area contributed by atoms with Gasteiger partial charge in [0.1, 0.15) is 5.69 Å². The molecular weight excluding hydrogens is 298 g/mol. The zero-order valence-corrected chi connectivity index (χ0v) is 14.5. The number of pyridine rings is 1. The van der Waals surface area contributed by atoms with Gasteiger partial charge in [-0.05, 0) is 42.0 Å². The van der Waals surface area contributed by atoms with Crippen LogP contribution in [0, 0.1) is 5.92 Å². The van der Waals surface area contributed by atoms with Crippen LogP contribution in [0.2, 0.25) is 0 Å². The molecule has 0 bridgehead atoms. The summed E-state index contributed by atoms with van der Waals surface area (Å²) in [6.45, 7) is 6.88. The molecule has 3 rings (SSSR count). The maximum atomic E-state index is 12.1. The van der Waals surface area contributed by atoms with Gasteiger partial charge in [-0.2, -0.15) is 0 Å². The zero-order valence-electron chi connectivity index (χ0n) is 14.5. The Bertz CT molecular complexity index is 694. The maximum absolute atomic E-state index is 12.1. The molecule has 1 aromatic heterocycles. The van der Waals surface area contributed by atoms with Crippen molar-refractivity contribution in [3.63, 3.8) is 0 Å². The highest BCUT2D eigenvalue weighted by Crippen LogP contribution is 2.23. The lowest BCUT2D eigenvalue weighted by atomic mass is 10.00. The number of fused-ring (bicyclic) bond motifs is 1. The van der Waals surface area contributed by atoms with Crippen molar-refractivity contribution in [3.8, 4) is 0 Å². The van der Waals surface area contributed by atoms with E-state index in [0.717, 1.165) is 31.6 Å². The minimum Gasteiger partial charge on any atom is -0.366 e. The number of amides is 1. The van der Waals surface area contributed by atoms with Crippen LogP contribution in [0.5, 0.6) is 0 Å². The third kappa shape index (κ3) is 3.94. The smallest absolute Gasteiger partial charge is 0.269 e. The Hall–Kier alpha value is -2.36. The van der Waals surface area contributed by atoms with E-state index < -0.39 is 0 Å². The van der Waals surface area contributed by atoms with Crippen LogP contribution in [0.1, 0.15) is 41.9 Å². The van der Waals surface area contributed by atoms with E-state index in [9.17, 15) is 4.79 Å². The lowest BCUT2D eigenvalue weighted by Crippen LogP contribution is -2.30. The summed E-state index contributed by atoms with van der Waals surface area (Å²) in [5.74, 6) is 0.494. The lowest BCUT2D eigenvalue weighted by Gasteiger charge is -2.30. The summed E-state index contributed by atoms with van der Waals surface area (Å²) in [7, 11) is 0. The molecule has 4 heteroatoms. The molecule has 0 atom stereocenters. The van der Waals surface area contributed by atoms with Crippen molar-refractivity contribution in [2.75, 3.05) is 18.0 Å². The van der Waals surface area contributed by atoms with Crippen LogP contribution in [0.15, 0.2) is 42.6 Å². The number of carbonyl (C=O) groups excluding carboxylic acids is 1. The van der Waals surface area contributed by atoms with Crippen molar-refractivity contribution >= 4 is 11.6 Å². The molecule has 1 N–H and O–H groups in total. The highest BCUT2D eigenvalue weighted by atomic mass is 16.1. The van der Waals surface area contributed by atoms with E-state index in [0.29, 0.717) is 18.2 Å². The molecular formula is C20H25N3O. The molecule has 4 nitrogen and oxygen atoms in total. The first-order valence-electron chi connectivity index (χ1n) is 8.69. The van der Waals surface area contributed by atoms with Crippen molar-refractivity contribution in [1.82, 2.24) is 10.3 Å². The van der Waals surface area contributed by atoms with Crippen LogP contribution in [-0.2, 0) is 13.0 Å². The third-order valence-electron chi connectivity index (χ3n) is 4.48. The second kappa shape index (κ2) is 7.47. The van der Waals surface area contributed by atoms with E-state index in [4.69, 9.17) is 0 Å². The van der Waals surface area contributed by atoms with Gasteiger partial charge in [0.25, 0.3) is 5.91 Å². The number of nitrogens with zero attached hydrogens (tertiary/aromatic N) is 2. The standard InChI is InChI=1S/C20H25N3O/c1-15(2)9-11-21-20(24)19-8-7-18(13-22-19)23-12-10-16-5-3-4-6-17(16)14-23/h3-8,13,15H,9-12,14H2,1-2H3,(H,21,24). The molecule has 24 heavy (non-hydrogen) atoms. The molecule has 1 aliphatic rings. The first kappa shape index (κ1) is 16.5. The number of rotatable bonds is 5. The minimum atomic E-state index is -0.0915. The highest BCUT2D eigenvalue weighted by Gasteiger charge is 2.16. The Morgan fingerprint density at radius 1 is 1.21 bits per heavy atom. The van der Waals surface area contributed by atoms with Gasteiger partial charge in [0.15, 0.2) is 0 Å². The van der Waals surface area contributed by atoms with Gasteiger partial charge >= 0.3 is 0 Å². The summed E-state index contributed by atoms with van der Waals surface area (Å²) >= 11 is 0. The maximum Gasteiger partial charge on any atom is 0.269 e. The van der Waals surface area contributed by atoms with E-state index >= 15 is 0 Å². The molecule has 0 unspecified atom stereocenters. The van der Waals surface area contributed by atoms with Gasteiger partial charge < -0.3 is 10.2 Å². The van der Waals surface area contributed by atoms with E-state index in [1.165, 1.54) is 11.1 Å². The Morgan fingerprint density at radius 3 is 2.71 bits per heavy atom. The van der Waals surface area contributed by atoms with E-state index in [1.54, 1.807) is 0 Å². The quantitative estimate of drug-likeness (QED) is 0.917. The summed E-state index contributed by atoms with van der Waals surface area (Å²) in [6.07, 6.45) is 3.84. The summed E-state index contributed by atoms with van der Waals surface area (Å²) < 4.78 is 0. The van der Waals surface area contributed by atoms with E-state index in [-0.39, 0.29) is 5.91 Å². The first-order chi connectivity index (χ1) is 11.6. The number of nitrogens with one attached hydrogen (secondary N) is 1. The Kier molecular flexibility index (Phi) is 5.14. The average molecular weight is 323 g/mol. The van der Waals surface area contributed by atoms with E-state index in [1.807, 2.05) is 18.3 Å². The lowest BCUT2D eigenvalue weighted by molar-refractivity contribution is 0.0947. The molecule has 0 saturated heterocycles. The predicted molar refractivity (Wildman–Crippen MR) is 97.2 cm³/mol. The molecule has 0 spiro atoms. The van der Waals surface area contributed by atoms with Gasteiger partial charge in [-0.25, -0.2) is 4.98 Å². The van der Waals surface area contributed by atoms with E-state index in [2.05, 4.69) is 53.3 Å². The first-order valence-corrected chi connectivity index (χ1v) is 8.69. The van der Waals surface area contributed by atoms with Gasteiger partial charge in [-0.3, -0.25) is 4.79 Å². The number of aromatic nitrogens is 1. The fourth-order valence-electron chi connectivity index (χ4n) is 2.99. The number of anilines is 1. The van der Waals surface area contributed by atoms with Crippen molar-refractivity contribution in [3.05, 3.63) is 59.4 Å². The van der Waals surface area contributed by atoms with Gasteiger partial charge in [-0.1, -0.05) is 38.1 Å². The topological polar surface area (TPSA) is 45.2 Å². The van der Waals surface area contributed by atoms with Crippen LogP contribution < -0.4 is 10.2 Å². The third-order valence-corrected chi connectivity index (χ3v) is 4.48.